The van der Waals surface area contributed by atoms with Crippen molar-refractivity contribution >= 4 is 23.3 Å². The number of halogens is 1. The number of hydrogen-bond acceptors (Lipinski definition) is 4. The Morgan fingerprint density at radius 1 is 0.962 bits per heavy atom. The Hall–Kier alpha value is -2.92. The second-order valence-electron chi connectivity index (χ2n) is 5.94. The third-order valence-electron chi connectivity index (χ3n) is 3.86. The smallest absolute Gasteiger partial charge is 0.270 e. The van der Waals surface area contributed by atoms with E-state index in [4.69, 9.17) is 11.6 Å². The number of aromatic nitrogens is 2. The summed E-state index contributed by atoms with van der Waals surface area (Å²) >= 11 is 5.86. The van der Waals surface area contributed by atoms with Gasteiger partial charge in [-0.1, -0.05) is 53.6 Å². The van der Waals surface area contributed by atoms with Crippen molar-refractivity contribution in [3.63, 3.8) is 0 Å². The van der Waals surface area contributed by atoms with Crippen LogP contribution in [0.4, 0.5) is 5.82 Å². The normalized spacial score (nSPS) is 10.4. The van der Waals surface area contributed by atoms with Crippen LogP contribution in [0.1, 0.15) is 27.2 Å². The number of carbonyl (C=O) groups excluding carboxylic acids is 1. The number of nitrogens with one attached hydrogen (secondary N) is 2. The van der Waals surface area contributed by atoms with Gasteiger partial charge in [0.2, 0.25) is 0 Å². The fourth-order valence-corrected chi connectivity index (χ4v) is 2.48. The van der Waals surface area contributed by atoms with Gasteiger partial charge in [0.25, 0.3) is 5.91 Å². The standard InChI is InChI=1S/C20H19ClN4O/c1-14-2-4-15(5-3-14)11-22-19-10-18(24-13-25-19)20(26)23-12-16-6-8-17(21)9-7-16/h2-10,13H,11-12H2,1H3,(H,23,26)(H,22,24,25). The summed E-state index contributed by atoms with van der Waals surface area (Å²) in [5, 5.41) is 6.72. The number of hydrogen-bond donors (Lipinski definition) is 2. The van der Waals surface area contributed by atoms with Crippen LogP contribution in [-0.4, -0.2) is 15.9 Å². The molecule has 0 saturated carbocycles. The summed E-state index contributed by atoms with van der Waals surface area (Å²) in [5.74, 6) is 0.359. The first-order chi connectivity index (χ1) is 12.6. The van der Waals surface area contributed by atoms with Crippen molar-refractivity contribution in [1.82, 2.24) is 15.3 Å². The molecule has 2 N–H and O–H groups in total. The molecule has 0 aliphatic heterocycles. The number of anilines is 1. The summed E-state index contributed by atoms with van der Waals surface area (Å²) in [7, 11) is 0. The van der Waals surface area contributed by atoms with Crippen molar-refractivity contribution in [2.24, 2.45) is 0 Å². The Balaban J connectivity index is 1.58. The van der Waals surface area contributed by atoms with E-state index in [-0.39, 0.29) is 5.91 Å². The van der Waals surface area contributed by atoms with Gasteiger partial charge in [0.05, 0.1) is 0 Å². The van der Waals surface area contributed by atoms with Crippen LogP contribution in [0.3, 0.4) is 0 Å². The van der Waals surface area contributed by atoms with Crippen molar-refractivity contribution < 1.29 is 4.79 Å². The number of aryl methyl sites for hydroxylation is 1. The van der Waals surface area contributed by atoms with Gasteiger partial charge in [-0.3, -0.25) is 4.79 Å². The highest BCUT2D eigenvalue weighted by Crippen LogP contribution is 2.11. The third kappa shape index (κ3) is 5.04. The third-order valence-corrected chi connectivity index (χ3v) is 4.11. The lowest BCUT2D eigenvalue weighted by Gasteiger charge is -2.08. The molecule has 1 aromatic heterocycles. The zero-order valence-corrected chi connectivity index (χ0v) is 15.1. The molecule has 3 aromatic rings. The maximum absolute atomic E-state index is 12.3. The fourth-order valence-electron chi connectivity index (χ4n) is 2.35. The summed E-state index contributed by atoms with van der Waals surface area (Å²) in [6, 6.07) is 17.2. The highest BCUT2D eigenvalue weighted by Gasteiger charge is 2.08. The lowest BCUT2D eigenvalue weighted by atomic mass is 10.1. The molecular weight excluding hydrogens is 348 g/mol. The van der Waals surface area contributed by atoms with E-state index in [9.17, 15) is 4.79 Å². The van der Waals surface area contributed by atoms with E-state index >= 15 is 0 Å². The Morgan fingerprint density at radius 2 is 1.62 bits per heavy atom. The molecule has 0 atom stereocenters. The average Bonchev–Trinajstić information content (AvgIpc) is 2.67. The molecule has 1 amide bonds. The molecule has 6 heteroatoms. The minimum atomic E-state index is -0.249. The highest BCUT2D eigenvalue weighted by molar-refractivity contribution is 6.30. The van der Waals surface area contributed by atoms with Crippen LogP contribution in [0.5, 0.6) is 0 Å². The lowest BCUT2D eigenvalue weighted by molar-refractivity contribution is 0.0946. The molecule has 3 rings (SSSR count). The van der Waals surface area contributed by atoms with Gasteiger partial charge >= 0.3 is 0 Å². The van der Waals surface area contributed by atoms with Gasteiger partial charge in [-0.15, -0.1) is 0 Å². The van der Waals surface area contributed by atoms with Crippen LogP contribution in [0, 0.1) is 6.92 Å². The van der Waals surface area contributed by atoms with Gasteiger partial charge in [-0.05, 0) is 30.2 Å². The van der Waals surface area contributed by atoms with Crippen LogP contribution in [0.25, 0.3) is 0 Å². The first-order valence-electron chi connectivity index (χ1n) is 8.24. The van der Waals surface area contributed by atoms with Crippen molar-refractivity contribution in [3.8, 4) is 0 Å². The molecule has 0 saturated heterocycles. The molecule has 0 unspecified atom stereocenters. The largest absolute Gasteiger partial charge is 0.366 e. The van der Waals surface area contributed by atoms with Crippen LogP contribution in [-0.2, 0) is 13.1 Å². The van der Waals surface area contributed by atoms with E-state index < -0.39 is 0 Å². The molecule has 132 valence electrons. The zero-order valence-electron chi connectivity index (χ0n) is 14.4. The summed E-state index contributed by atoms with van der Waals surface area (Å²) in [5.41, 5.74) is 3.65. The number of amides is 1. The van der Waals surface area contributed by atoms with Gasteiger partial charge < -0.3 is 10.6 Å². The minimum Gasteiger partial charge on any atom is -0.366 e. The van der Waals surface area contributed by atoms with Crippen LogP contribution >= 0.6 is 11.6 Å². The lowest BCUT2D eigenvalue weighted by Crippen LogP contribution is -2.24. The molecular formula is C20H19ClN4O. The van der Waals surface area contributed by atoms with Gasteiger partial charge in [0.15, 0.2) is 0 Å². The molecule has 0 aliphatic rings. The van der Waals surface area contributed by atoms with Crippen molar-refractivity contribution in [2.75, 3.05) is 5.32 Å². The molecule has 26 heavy (non-hydrogen) atoms. The van der Waals surface area contributed by atoms with Crippen molar-refractivity contribution in [2.45, 2.75) is 20.0 Å². The molecule has 5 nitrogen and oxygen atoms in total. The van der Waals surface area contributed by atoms with Crippen LogP contribution in [0.15, 0.2) is 60.9 Å². The van der Waals surface area contributed by atoms with Gasteiger partial charge in [0, 0.05) is 24.2 Å². The fraction of sp³-hybridized carbons (Fsp3) is 0.150. The van der Waals surface area contributed by atoms with Crippen molar-refractivity contribution in [1.29, 1.82) is 0 Å². The summed E-state index contributed by atoms with van der Waals surface area (Å²) in [6.07, 6.45) is 1.38. The van der Waals surface area contributed by atoms with Gasteiger partial charge in [-0.2, -0.15) is 0 Å². The Labute approximate surface area is 157 Å². The number of carbonyl (C=O) groups is 1. The Morgan fingerprint density at radius 3 is 2.35 bits per heavy atom. The van der Waals surface area contributed by atoms with Crippen molar-refractivity contribution in [3.05, 3.63) is 88.3 Å². The van der Waals surface area contributed by atoms with Gasteiger partial charge in [-0.25, -0.2) is 9.97 Å². The maximum Gasteiger partial charge on any atom is 0.270 e. The quantitative estimate of drug-likeness (QED) is 0.692. The summed E-state index contributed by atoms with van der Waals surface area (Å²) < 4.78 is 0. The van der Waals surface area contributed by atoms with E-state index in [1.807, 2.05) is 12.1 Å². The highest BCUT2D eigenvalue weighted by atomic mass is 35.5. The monoisotopic (exact) mass is 366 g/mol. The second-order valence-corrected chi connectivity index (χ2v) is 6.37. The summed E-state index contributed by atoms with van der Waals surface area (Å²) in [4.78, 5) is 20.5. The number of rotatable bonds is 6. The molecule has 0 aliphatic carbocycles. The van der Waals surface area contributed by atoms with E-state index in [0.29, 0.717) is 29.6 Å². The Kier molecular flexibility index (Phi) is 5.81. The average molecular weight is 367 g/mol. The van der Waals surface area contributed by atoms with Gasteiger partial charge in [0.1, 0.15) is 17.8 Å². The topological polar surface area (TPSA) is 66.9 Å². The molecule has 2 aromatic carbocycles. The minimum absolute atomic E-state index is 0.249. The molecule has 1 heterocycles. The maximum atomic E-state index is 12.3. The number of benzene rings is 2. The summed E-state index contributed by atoms with van der Waals surface area (Å²) in [6.45, 7) is 3.09. The molecule has 0 radical (unpaired) electrons. The SMILES string of the molecule is Cc1ccc(CNc2cc(C(=O)NCc3ccc(Cl)cc3)ncn2)cc1. The van der Waals surface area contributed by atoms with Crippen LogP contribution in [0.2, 0.25) is 5.02 Å². The van der Waals surface area contributed by atoms with E-state index in [2.05, 4.69) is 51.8 Å². The van der Waals surface area contributed by atoms with E-state index in [1.165, 1.54) is 11.9 Å². The predicted octanol–water partition coefficient (Wildman–Crippen LogP) is 3.98. The molecule has 0 fully saturated rings. The second kappa shape index (κ2) is 8.45. The molecule has 0 spiro atoms. The first kappa shape index (κ1) is 17.9. The first-order valence-corrected chi connectivity index (χ1v) is 8.62. The predicted molar refractivity (Wildman–Crippen MR) is 103 cm³/mol. The number of nitrogens with zero attached hydrogens (tertiary/aromatic N) is 2. The van der Waals surface area contributed by atoms with Crippen LogP contribution < -0.4 is 10.6 Å². The zero-order chi connectivity index (χ0) is 18.4. The van der Waals surface area contributed by atoms with E-state index in [1.54, 1.807) is 18.2 Å². The molecule has 0 bridgehead atoms. The Bertz CT molecular complexity index is 879. The van der Waals surface area contributed by atoms with E-state index in [0.717, 1.165) is 11.1 Å².